The van der Waals surface area contributed by atoms with Crippen molar-refractivity contribution in [2.24, 2.45) is 0 Å². The number of aromatic nitrogens is 4. The first-order chi connectivity index (χ1) is 14.4. The zero-order valence-corrected chi connectivity index (χ0v) is 17.4. The van der Waals surface area contributed by atoms with Crippen molar-refractivity contribution < 1.29 is 17.5 Å². The second-order valence-corrected chi connectivity index (χ2v) is 8.69. The van der Waals surface area contributed by atoms with Crippen molar-refractivity contribution >= 4 is 15.8 Å². The molecule has 30 heavy (non-hydrogen) atoms. The number of imidazole rings is 1. The highest BCUT2D eigenvalue weighted by Crippen LogP contribution is 2.28. The Morgan fingerprint density at radius 1 is 1.07 bits per heavy atom. The highest BCUT2D eigenvalue weighted by molar-refractivity contribution is 7.89. The van der Waals surface area contributed by atoms with Crippen molar-refractivity contribution in [3.63, 3.8) is 0 Å². The molecule has 3 aromatic rings. The highest BCUT2D eigenvalue weighted by Gasteiger charge is 2.31. The molecule has 0 N–H and O–H groups in total. The van der Waals surface area contributed by atoms with Crippen LogP contribution in [0.3, 0.4) is 0 Å². The molecule has 3 heterocycles. The van der Waals surface area contributed by atoms with Gasteiger partial charge in [0.15, 0.2) is 0 Å². The molecule has 4 rings (SSSR count). The van der Waals surface area contributed by atoms with Gasteiger partial charge in [0.2, 0.25) is 10.0 Å². The fraction of sp³-hybridized carbons (Fsp3) is 0.316. The minimum Gasteiger partial charge on any atom is -0.495 e. The van der Waals surface area contributed by atoms with Gasteiger partial charge >= 0.3 is 0 Å². The van der Waals surface area contributed by atoms with Crippen LogP contribution in [0.5, 0.6) is 5.75 Å². The van der Waals surface area contributed by atoms with E-state index in [4.69, 9.17) is 4.74 Å². The summed E-state index contributed by atoms with van der Waals surface area (Å²) in [6.45, 7) is 3.17. The topological polar surface area (TPSA) is 93.5 Å². The van der Waals surface area contributed by atoms with Gasteiger partial charge in [-0.15, -0.1) is 0 Å². The molecule has 0 unspecified atom stereocenters. The molecule has 0 spiro atoms. The minimum absolute atomic E-state index is 0.121. The lowest BCUT2D eigenvalue weighted by molar-refractivity contribution is 0.372. The number of ether oxygens (including phenoxy) is 1. The number of benzene rings is 1. The Balaban J connectivity index is 1.54. The van der Waals surface area contributed by atoms with E-state index in [1.807, 2.05) is 11.0 Å². The van der Waals surface area contributed by atoms with Gasteiger partial charge in [-0.05, 0) is 25.1 Å². The Morgan fingerprint density at radius 2 is 1.80 bits per heavy atom. The van der Waals surface area contributed by atoms with Gasteiger partial charge in [-0.3, -0.25) is 4.57 Å². The van der Waals surface area contributed by atoms with Gasteiger partial charge in [-0.1, -0.05) is 0 Å². The molecule has 1 aromatic carbocycles. The second-order valence-electron chi connectivity index (χ2n) is 6.79. The van der Waals surface area contributed by atoms with E-state index in [0.29, 0.717) is 30.5 Å². The van der Waals surface area contributed by atoms with E-state index in [1.54, 1.807) is 30.2 Å². The molecular formula is C19H21FN6O3S. The van der Waals surface area contributed by atoms with Gasteiger partial charge in [0.25, 0.3) is 0 Å². The largest absolute Gasteiger partial charge is 0.495 e. The number of aryl methyl sites for hydroxylation is 1. The van der Waals surface area contributed by atoms with E-state index in [9.17, 15) is 12.8 Å². The second kappa shape index (κ2) is 8.00. The van der Waals surface area contributed by atoms with Crippen LogP contribution < -0.4 is 9.64 Å². The normalized spacial score (nSPS) is 15.4. The maximum Gasteiger partial charge on any atom is 0.246 e. The Labute approximate surface area is 173 Å². The first-order valence-corrected chi connectivity index (χ1v) is 10.7. The smallest absolute Gasteiger partial charge is 0.246 e. The first-order valence-electron chi connectivity index (χ1n) is 9.31. The molecule has 11 heteroatoms. The third-order valence-corrected chi connectivity index (χ3v) is 6.81. The van der Waals surface area contributed by atoms with E-state index < -0.39 is 15.8 Å². The number of rotatable bonds is 5. The number of halogens is 1. The summed E-state index contributed by atoms with van der Waals surface area (Å²) >= 11 is 0. The van der Waals surface area contributed by atoms with Gasteiger partial charge < -0.3 is 9.64 Å². The Kier molecular flexibility index (Phi) is 5.39. The van der Waals surface area contributed by atoms with Crippen LogP contribution in [0, 0.1) is 12.7 Å². The summed E-state index contributed by atoms with van der Waals surface area (Å²) in [6, 6.07) is 5.32. The van der Waals surface area contributed by atoms with Crippen molar-refractivity contribution in [2.75, 3.05) is 38.2 Å². The van der Waals surface area contributed by atoms with Gasteiger partial charge in [0.1, 0.15) is 40.2 Å². The molecule has 1 aliphatic rings. The van der Waals surface area contributed by atoms with Gasteiger partial charge in [-0.25, -0.2) is 27.8 Å². The molecule has 0 atom stereocenters. The van der Waals surface area contributed by atoms with Crippen molar-refractivity contribution in [3.8, 4) is 11.6 Å². The number of piperazine rings is 1. The van der Waals surface area contributed by atoms with Crippen LogP contribution in [-0.2, 0) is 10.0 Å². The fourth-order valence-electron chi connectivity index (χ4n) is 3.37. The van der Waals surface area contributed by atoms with Gasteiger partial charge in [0, 0.05) is 44.6 Å². The summed E-state index contributed by atoms with van der Waals surface area (Å²) in [4.78, 5) is 14.8. The maximum atomic E-state index is 13.7. The minimum atomic E-state index is -3.89. The van der Waals surface area contributed by atoms with E-state index in [0.717, 1.165) is 6.07 Å². The van der Waals surface area contributed by atoms with Crippen molar-refractivity contribution in [3.05, 3.63) is 54.6 Å². The molecule has 0 bridgehead atoms. The summed E-state index contributed by atoms with van der Waals surface area (Å²) in [5.74, 6) is 1.50. The molecule has 0 saturated carbocycles. The molecule has 0 aliphatic carbocycles. The Morgan fingerprint density at radius 3 is 2.47 bits per heavy atom. The van der Waals surface area contributed by atoms with Crippen LogP contribution >= 0.6 is 0 Å². The third kappa shape index (κ3) is 3.85. The lowest BCUT2D eigenvalue weighted by Gasteiger charge is -2.35. The average Bonchev–Trinajstić information content (AvgIpc) is 3.28. The van der Waals surface area contributed by atoms with Gasteiger partial charge in [0.05, 0.1) is 7.11 Å². The Hall–Kier alpha value is -3.05. The molecule has 0 radical (unpaired) electrons. The molecule has 0 amide bonds. The monoisotopic (exact) mass is 432 g/mol. The standard InChI is InChI=1S/C19H21FN6O3S/c1-14-22-18(12-19(23-14)25-6-5-21-13-25)24-7-9-26(10-8-24)30(27,28)17-11-15(20)3-4-16(17)29-2/h3-6,11-13H,7-10H2,1-2H3. The molecule has 1 aliphatic heterocycles. The third-order valence-electron chi connectivity index (χ3n) is 4.89. The van der Waals surface area contributed by atoms with E-state index >= 15 is 0 Å². The lowest BCUT2D eigenvalue weighted by Crippen LogP contribution is -2.49. The van der Waals surface area contributed by atoms with Crippen LogP contribution in [0.15, 0.2) is 47.9 Å². The number of hydrogen-bond acceptors (Lipinski definition) is 7. The number of methoxy groups -OCH3 is 1. The summed E-state index contributed by atoms with van der Waals surface area (Å²) in [5, 5.41) is 0. The number of hydrogen-bond donors (Lipinski definition) is 0. The number of sulfonamides is 1. The van der Waals surface area contributed by atoms with Crippen LogP contribution in [0.2, 0.25) is 0 Å². The highest BCUT2D eigenvalue weighted by atomic mass is 32.2. The van der Waals surface area contributed by atoms with Gasteiger partial charge in [-0.2, -0.15) is 4.31 Å². The molecule has 9 nitrogen and oxygen atoms in total. The van der Waals surface area contributed by atoms with Crippen molar-refractivity contribution in [1.29, 1.82) is 0 Å². The summed E-state index contributed by atoms with van der Waals surface area (Å²) in [6.07, 6.45) is 5.12. The maximum absolute atomic E-state index is 13.7. The predicted molar refractivity (Wildman–Crippen MR) is 108 cm³/mol. The summed E-state index contributed by atoms with van der Waals surface area (Å²) < 4.78 is 48.0. The lowest BCUT2D eigenvalue weighted by atomic mass is 10.3. The van der Waals surface area contributed by atoms with Crippen LogP contribution in [0.4, 0.5) is 10.2 Å². The van der Waals surface area contributed by atoms with Crippen molar-refractivity contribution in [2.45, 2.75) is 11.8 Å². The average molecular weight is 432 g/mol. The van der Waals surface area contributed by atoms with Crippen LogP contribution in [0.1, 0.15) is 5.82 Å². The number of anilines is 1. The SMILES string of the molecule is COc1ccc(F)cc1S(=O)(=O)N1CCN(c2cc(-n3ccnc3)nc(C)n2)CC1. The zero-order valence-electron chi connectivity index (χ0n) is 16.6. The summed E-state index contributed by atoms with van der Waals surface area (Å²) in [7, 11) is -2.53. The number of nitrogens with zero attached hydrogens (tertiary/aromatic N) is 6. The molecular weight excluding hydrogens is 411 g/mol. The zero-order chi connectivity index (χ0) is 21.3. The fourth-order valence-corrected chi connectivity index (χ4v) is 4.96. The molecule has 158 valence electrons. The van der Waals surface area contributed by atoms with E-state index in [2.05, 4.69) is 15.0 Å². The molecule has 1 fully saturated rings. The van der Waals surface area contributed by atoms with Crippen molar-refractivity contribution in [1.82, 2.24) is 23.8 Å². The predicted octanol–water partition coefficient (Wildman–Crippen LogP) is 1.63. The Bertz CT molecular complexity index is 1150. The summed E-state index contributed by atoms with van der Waals surface area (Å²) in [5.41, 5.74) is 0. The van der Waals surface area contributed by atoms with Crippen LogP contribution in [0.25, 0.3) is 5.82 Å². The van der Waals surface area contributed by atoms with E-state index in [-0.39, 0.29) is 23.7 Å². The first kappa shape index (κ1) is 20.2. The van der Waals surface area contributed by atoms with Crippen LogP contribution in [-0.4, -0.2) is 65.5 Å². The molecule has 1 saturated heterocycles. The quantitative estimate of drug-likeness (QED) is 0.605. The van der Waals surface area contributed by atoms with E-state index in [1.165, 1.54) is 23.5 Å². The molecule has 2 aromatic heterocycles.